The molecule has 0 aromatic carbocycles. The van der Waals surface area contributed by atoms with E-state index in [1.807, 2.05) is 20.8 Å². The minimum absolute atomic E-state index is 0.188. The Morgan fingerprint density at radius 2 is 1.76 bits per heavy atom. The van der Waals surface area contributed by atoms with Gasteiger partial charge in [-0.25, -0.2) is 4.79 Å². The van der Waals surface area contributed by atoms with Crippen molar-refractivity contribution >= 4 is 11.9 Å². The van der Waals surface area contributed by atoms with Gasteiger partial charge in [0.1, 0.15) is 11.4 Å². The van der Waals surface area contributed by atoms with Gasteiger partial charge in [0, 0.05) is 18.9 Å². The maximum Gasteiger partial charge on any atom is 0.407 e. The molecular weight excluding hydrogens is 218 g/mol. The maximum absolute atomic E-state index is 11.6. The summed E-state index contributed by atoms with van der Waals surface area (Å²) in [4.78, 5) is 22.9. The van der Waals surface area contributed by atoms with E-state index < -0.39 is 5.60 Å². The SMILES string of the molecule is CC(C)(C)OC(=O)NC1C[C@H]2CC(=O)C[C@H]2C1. The molecule has 0 aliphatic heterocycles. The van der Waals surface area contributed by atoms with Gasteiger partial charge in [-0.2, -0.15) is 0 Å². The summed E-state index contributed by atoms with van der Waals surface area (Å²) in [5.41, 5.74) is -0.450. The monoisotopic (exact) mass is 239 g/mol. The Morgan fingerprint density at radius 3 is 2.24 bits per heavy atom. The molecule has 4 heteroatoms. The molecule has 0 saturated heterocycles. The van der Waals surface area contributed by atoms with Gasteiger partial charge in [-0.05, 0) is 45.4 Å². The fourth-order valence-electron chi connectivity index (χ4n) is 2.97. The van der Waals surface area contributed by atoms with Gasteiger partial charge in [0.2, 0.25) is 0 Å². The van der Waals surface area contributed by atoms with E-state index in [-0.39, 0.29) is 12.1 Å². The first kappa shape index (κ1) is 12.4. The lowest BCUT2D eigenvalue weighted by atomic mass is 10.0. The van der Waals surface area contributed by atoms with Gasteiger partial charge in [0.15, 0.2) is 0 Å². The van der Waals surface area contributed by atoms with Crippen LogP contribution < -0.4 is 5.32 Å². The molecule has 0 spiro atoms. The minimum Gasteiger partial charge on any atom is -0.444 e. The highest BCUT2D eigenvalue weighted by molar-refractivity contribution is 5.81. The van der Waals surface area contributed by atoms with Crippen LogP contribution in [0.25, 0.3) is 0 Å². The zero-order valence-electron chi connectivity index (χ0n) is 10.8. The molecule has 0 heterocycles. The van der Waals surface area contributed by atoms with Crippen molar-refractivity contribution in [3.8, 4) is 0 Å². The number of nitrogens with one attached hydrogen (secondary N) is 1. The van der Waals surface area contributed by atoms with Crippen LogP contribution in [0.1, 0.15) is 46.5 Å². The van der Waals surface area contributed by atoms with E-state index in [0.717, 1.165) is 12.8 Å². The summed E-state index contributed by atoms with van der Waals surface area (Å²) in [5, 5.41) is 2.91. The standard InChI is InChI=1S/C13H21NO3/c1-13(2,3)17-12(16)14-10-4-8-6-11(15)7-9(8)5-10/h8-10H,4-7H2,1-3H3,(H,14,16)/t8-,9+,10?. The number of fused-ring (bicyclic) bond motifs is 1. The molecule has 0 radical (unpaired) electrons. The van der Waals surface area contributed by atoms with E-state index in [2.05, 4.69) is 5.32 Å². The normalized spacial score (nSPS) is 32.4. The summed E-state index contributed by atoms with van der Waals surface area (Å²) in [7, 11) is 0. The molecule has 17 heavy (non-hydrogen) atoms. The molecule has 1 unspecified atom stereocenters. The van der Waals surface area contributed by atoms with Crippen molar-refractivity contribution in [3.63, 3.8) is 0 Å². The number of ether oxygens (including phenoxy) is 1. The first-order valence-electron chi connectivity index (χ1n) is 6.35. The van der Waals surface area contributed by atoms with E-state index in [1.54, 1.807) is 0 Å². The summed E-state index contributed by atoms with van der Waals surface area (Å²) in [6.45, 7) is 5.57. The van der Waals surface area contributed by atoms with Crippen molar-refractivity contribution in [1.82, 2.24) is 5.32 Å². The van der Waals surface area contributed by atoms with Crippen LogP contribution in [0.15, 0.2) is 0 Å². The van der Waals surface area contributed by atoms with Crippen LogP contribution in [0.3, 0.4) is 0 Å². The molecule has 4 nitrogen and oxygen atoms in total. The Kier molecular flexibility index (Phi) is 3.15. The number of alkyl carbamates (subject to hydrolysis) is 1. The first-order chi connectivity index (χ1) is 7.83. The second kappa shape index (κ2) is 4.31. The lowest BCUT2D eigenvalue weighted by Crippen LogP contribution is -2.38. The molecule has 0 aromatic heterocycles. The van der Waals surface area contributed by atoms with E-state index in [4.69, 9.17) is 4.74 Å². The van der Waals surface area contributed by atoms with Gasteiger partial charge in [0.05, 0.1) is 0 Å². The van der Waals surface area contributed by atoms with Crippen molar-refractivity contribution < 1.29 is 14.3 Å². The Hall–Kier alpha value is -1.06. The molecule has 3 atom stereocenters. The second-order valence-corrected chi connectivity index (χ2v) is 6.28. The van der Waals surface area contributed by atoms with E-state index >= 15 is 0 Å². The van der Waals surface area contributed by atoms with Gasteiger partial charge in [-0.3, -0.25) is 4.79 Å². The molecule has 1 amide bonds. The number of hydrogen-bond acceptors (Lipinski definition) is 3. The number of carbonyl (C=O) groups excluding carboxylic acids is 2. The topological polar surface area (TPSA) is 55.4 Å². The number of rotatable bonds is 1. The highest BCUT2D eigenvalue weighted by Crippen LogP contribution is 2.42. The third-order valence-corrected chi connectivity index (χ3v) is 3.54. The Balaban J connectivity index is 1.79. The van der Waals surface area contributed by atoms with E-state index in [9.17, 15) is 9.59 Å². The van der Waals surface area contributed by atoms with Crippen LogP contribution in [0.4, 0.5) is 4.79 Å². The fourth-order valence-corrected chi connectivity index (χ4v) is 2.97. The highest BCUT2D eigenvalue weighted by Gasteiger charge is 2.41. The lowest BCUT2D eigenvalue weighted by molar-refractivity contribution is -0.117. The van der Waals surface area contributed by atoms with Gasteiger partial charge < -0.3 is 10.1 Å². The molecule has 0 bridgehead atoms. The van der Waals surface area contributed by atoms with Crippen molar-refractivity contribution in [1.29, 1.82) is 0 Å². The molecule has 2 fully saturated rings. The summed E-state index contributed by atoms with van der Waals surface area (Å²) in [6.07, 6.45) is 2.92. The first-order valence-corrected chi connectivity index (χ1v) is 6.35. The fraction of sp³-hybridized carbons (Fsp3) is 0.846. The van der Waals surface area contributed by atoms with Crippen molar-refractivity contribution in [2.75, 3.05) is 0 Å². The zero-order chi connectivity index (χ0) is 12.6. The third kappa shape index (κ3) is 3.20. The maximum atomic E-state index is 11.6. The average molecular weight is 239 g/mol. The number of ketones is 1. The summed E-state index contributed by atoms with van der Waals surface area (Å²) >= 11 is 0. The average Bonchev–Trinajstić information content (AvgIpc) is 2.56. The van der Waals surface area contributed by atoms with Gasteiger partial charge in [-0.15, -0.1) is 0 Å². The molecular formula is C13H21NO3. The van der Waals surface area contributed by atoms with Crippen LogP contribution in [-0.2, 0) is 9.53 Å². The van der Waals surface area contributed by atoms with E-state index in [1.165, 1.54) is 0 Å². The highest BCUT2D eigenvalue weighted by atomic mass is 16.6. The number of Topliss-reactive ketones (excluding diaryl/α,β-unsaturated/α-hetero) is 1. The van der Waals surface area contributed by atoms with Crippen molar-refractivity contribution in [3.05, 3.63) is 0 Å². The van der Waals surface area contributed by atoms with Crippen molar-refractivity contribution in [2.24, 2.45) is 11.8 Å². The van der Waals surface area contributed by atoms with Gasteiger partial charge >= 0.3 is 6.09 Å². The zero-order valence-corrected chi connectivity index (χ0v) is 10.8. The van der Waals surface area contributed by atoms with Crippen LogP contribution >= 0.6 is 0 Å². The molecule has 1 N–H and O–H groups in total. The molecule has 2 aliphatic carbocycles. The van der Waals surface area contributed by atoms with Crippen LogP contribution in [0.5, 0.6) is 0 Å². The van der Waals surface area contributed by atoms with Gasteiger partial charge in [-0.1, -0.05) is 0 Å². The second-order valence-electron chi connectivity index (χ2n) is 6.28. The Morgan fingerprint density at radius 1 is 1.24 bits per heavy atom. The quantitative estimate of drug-likeness (QED) is 0.763. The molecule has 2 saturated carbocycles. The molecule has 2 aliphatic rings. The predicted octanol–water partition coefficient (Wildman–Crippen LogP) is 2.27. The van der Waals surface area contributed by atoms with Crippen molar-refractivity contribution in [2.45, 2.75) is 58.1 Å². The number of hydrogen-bond donors (Lipinski definition) is 1. The lowest BCUT2D eigenvalue weighted by Gasteiger charge is -2.22. The number of carbonyl (C=O) groups is 2. The predicted molar refractivity (Wildman–Crippen MR) is 63.6 cm³/mol. The Labute approximate surface area is 102 Å². The smallest absolute Gasteiger partial charge is 0.407 e. The van der Waals surface area contributed by atoms with Gasteiger partial charge in [0.25, 0.3) is 0 Å². The molecule has 2 rings (SSSR count). The van der Waals surface area contributed by atoms with Crippen LogP contribution in [0.2, 0.25) is 0 Å². The largest absolute Gasteiger partial charge is 0.444 e. The number of amides is 1. The third-order valence-electron chi connectivity index (χ3n) is 3.54. The Bertz CT molecular complexity index is 316. The summed E-state index contributed by atoms with van der Waals surface area (Å²) < 4.78 is 5.23. The van der Waals surface area contributed by atoms with E-state index in [0.29, 0.717) is 30.5 Å². The summed E-state index contributed by atoms with van der Waals surface area (Å²) in [5.74, 6) is 1.36. The summed E-state index contributed by atoms with van der Waals surface area (Å²) in [6, 6.07) is 0.188. The molecule has 96 valence electrons. The van der Waals surface area contributed by atoms with Crippen LogP contribution in [0, 0.1) is 11.8 Å². The minimum atomic E-state index is -0.450. The van der Waals surface area contributed by atoms with Crippen LogP contribution in [-0.4, -0.2) is 23.5 Å². The molecule has 0 aromatic rings.